The summed E-state index contributed by atoms with van der Waals surface area (Å²) in [6.45, 7) is 4.74. The van der Waals surface area contributed by atoms with Gasteiger partial charge in [-0.1, -0.05) is 0 Å². The van der Waals surface area contributed by atoms with Crippen molar-refractivity contribution in [2.24, 2.45) is 5.92 Å². The molecule has 2 aliphatic heterocycles. The summed E-state index contributed by atoms with van der Waals surface area (Å²) in [6.07, 6.45) is 2.46. The zero-order chi connectivity index (χ0) is 12.1. The molecule has 2 saturated heterocycles. The molecule has 17 heavy (non-hydrogen) atoms. The molecule has 2 N–H and O–H groups in total. The van der Waals surface area contributed by atoms with Gasteiger partial charge in [-0.3, -0.25) is 4.79 Å². The number of rotatable bonds is 5. The summed E-state index contributed by atoms with van der Waals surface area (Å²) in [7, 11) is 0. The Hall–Kier alpha value is -0.260. The van der Waals surface area contributed by atoms with Crippen molar-refractivity contribution in [3.05, 3.63) is 0 Å². The number of carbonyl (C=O) groups excluding carboxylic acids is 1. The van der Waals surface area contributed by atoms with Crippen LogP contribution in [0.25, 0.3) is 0 Å². The second-order valence-corrected chi connectivity index (χ2v) is 6.43. The van der Waals surface area contributed by atoms with Gasteiger partial charge in [-0.05, 0) is 37.2 Å². The number of thioether (sulfide) groups is 1. The third-order valence-corrected chi connectivity index (χ3v) is 4.53. The summed E-state index contributed by atoms with van der Waals surface area (Å²) in [4.78, 5) is 11.6. The van der Waals surface area contributed by atoms with E-state index in [1.807, 2.05) is 18.7 Å². The molecule has 0 aromatic rings. The van der Waals surface area contributed by atoms with E-state index in [1.165, 1.54) is 24.3 Å². The van der Waals surface area contributed by atoms with Crippen molar-refractivity contribution >= 4 is 17.7 Å². The molecular formula is C12H22N2O2S. The molecule has 0 unspecified atom stereocenters. The molecule has 4 nitrogen and oxygen atoms in total. The molecular weight excluding hydrogens is 236 g/mol. The molecule has 98 valence electrons. The number of nitrogens with one attached hydrogen (secondary N) is 2. The van der Waals surface area contributed by atoms with Crippen LogP contribution in [0.4, 0.5) is 0 Å². The second kappa shape index (κ2) is 6.07. The van der Waals surface area contributed by atoms with Crippen molar-refractivity contribution in [3.8, 4) is 0 Å². The smallest absolute Gasteiger partial charge is 0.246 e. The fourth-order valence-corrected chi connectivity index (χ4v) is 3.28. The molecule has 0 saturated carbocycles. The van der Waals surface area contributed by atoms with E-state index in [9.17, 15) is 4.79 Å². The minimum Gasteiger partial charge on any atom is -0.363 e. The van der Waals surface area contributed by atoms with Gasteiger partial charge in [0.25, 0.3) is 0 Å². The maximum Gasteiger partial charge on any atom is 0.246 e. The Bertz CT molecular complexity index is 263. The van der Waals surface area contributed by atoms with Gasteiger partial charge in [0.15, 0.2) is 0 Å². The fraction of sp³-hybridized carbons (Fsp3) is 0.917. The molecule has 0 aliphatic carbocycles. The molecule has 5 heteroatoms. The van der Waals surface area contributed by atoms with E-state index in [0.717, 1.165) is 19.6 Å². The molecule has 0 aromatic carbocycles. The summed E-state index contributed by atoms with van der Waals surface area (Å²) in [5, 5.41) is 6.13. The Morgan fingerprint density at radius 3 is 2.76 bits per heavy atom. The average molecular weight is 258 g/mol. The Kier molecular flexibility index (Phi) is 4.70. The van der Waals surface area contributed by atoms with Crippen LogP contribution in [0.3, 0.4) is 0 Å². The second-order valence-electron chi connectivity index (χ2n) is 5.20. The number of hydrogen-bond donors (Lipinski definition) is 2. The molecule has 0 atom stereocenters. The Morgan fingerprint density at radius 2 is 2.18 bits per heavy atom. The molecule has 0 aromatic heterocycles. The number of hydrogen-bond acceptors (Lipinski definition) is 4. The van der Waals surface area contributed by atoms with Gasteiger partial charge in [0, 0.05) is 19.6 Å². The topological polar surface area (TPSA) is 50.4 Å². The predicted molar refractivity (Wildman–Crippen MR) is 70.3 cm³/mol. The van der Waals surface area contributed by atoms with Crippen molar-refractivity contribution in [2.75, 3.05) is 37.7 Å². The summed E-state index contributed by atoms with van der Waals surface area (Å²) >= 11 is 2.01. The van der Waals surface area contributed by atoms with Gasteiger partial charge >= 0.3 is 0 Å². The Balaban J connectivity index is 1.57. The molecule has 2 fully saturated rings. The SMILES string of the molecule is CC1(OCC(=O)NCC2CCSCC2)CNC1. The van der Waals surface area contributed by atoms with Crippen molar-refractivity contribution in [1.29, 1.82) is 0 Å². The van der Waals surface area contributed by atoms with Crippen LogP contribution in [-0.2, 0) is 9.53 Å². The molecule has 0 bridgehead atoms. The first kappa shape index (κ1) is 13.2. The van der Waals surface area contributed by atoms with Gasteiger partial charge in [0.05, 0.1) is 5.60 Å². The largest absolute Gasteiger partial charge is 0.363 e. The molecule has 0 spiro atoms. The van der Waals surface area contributed by atoms with Crippen molar-refractivity contribution in [2.45, 2.75) is 25.4 Å². The average Bonchev–Trinajstić information content (AvgIpc) is 2.33. The lowest BCUT2D eigenvalue weighted by Crippen LogP contribution is -2.59. The van der Waals surface area contributed by atoms with E-state index in [4.69, 9.17) is 4.74 Å². The highest BCUT2D eigenvalue weighted by Gasteiger charge is 2.33. The lowest BCUT2D eigenvalue weighted by Gasteiger charge is -2.38. The van der Waals surface area contributed by atoms with Crippen LogP contribution in [0, 0.1) is 5.92 Å². The monoisotopic (exact) mass is 258 g/mol. The maximum atomic E-state index is 11.6. The number of ether oxygens (including phenoxy) is 1. The van der Waals surface area contributed by atoms with E-state index in [0.29, 0.717) is 5.92 Å². The Labute approximate surface area is 107 Å². The minimum atomic E-state index is -0.126. The standard InChI is InChI=1S/C12H22N2O2S/c1-12(8-13-9-12)16-7-11(15)14-6-10-2-4-17-5-3-10/h10,13H,2-9H2,1H3,(H,14,15). The van der Waals surface area contributed by atoms with Crippen molar-refractivity contribution < 1.29 is 9.53 Å². The molecule has 2 aliphatic rings. The predicted octanol–water partition coefficient (Wildman–Crippen LogP) is 0.624. The zero-order valence-electron chi connectivity index (χ0n) is 10.5. The number of amides is 1. The molecule has 0 radical (unpaired) electrons. The highest BCUT2D eigenvalue weighted by Crippen LogP contribution is 2.21. The van der Waals surface area contributed by atoms with Crippen LogP contribution in [0.5, 0.6) is 0 Å². The first-order valence-corrected chi connectivity index (χ1v) is 7.53. The van der Waals surface area contributed by atoms with Crippen LogP contribution < -0.4 is 10.6 Å². The lowest BCUT2D eigenvalue weighted by atomic mass is 10.0. The van der Waals surface area contributed by atoms with Gasteiger partial charge < -0.3 is 15.4 Å². The number of carbonyl (C=O) groups is 1. The van der Waals surface area contributed by atoms with Gasteiger partial charge in [-0.25, -0.2) is 0 Å². The van der Waals surface area contributed by atoms with Gasteiger partial charge in [-0.2, -0.15) is 11.8 Å². The van der Waals surface area contributed by atoms with Gasteiger partial charge in [0.2, 0.25) is 5.91 Å². The first-order valence-electron chi connectivity index (χ1n) is 6.37. The quantitative estimate of drug-likeness (QED) is 0.759. The normalized spacial score (nSPS) is 24.1. The summed E-state index contributed by atoms with van der Waals surface area (Å²) < 4.78 is 5.59. The van der Waals surface area contributed by atoms with Crippen LogP contribution in [0.15, 0.2) is 0 Å². The van der Waals surface area contributed by atoms with E-state index < -0.39 is 0 Å². The minimum absolute atomic E-state index is 0.0244. The lowest BCUT2D eigenvalue weighted by molar-refractivity contribution is -0.136. The molecule has 2 rings (SSSR count). The van der Waals surface area contributed by atoms with Crippen LogP contribution >= 0.6 is 11.8 Å². The first-order chi connectivity index (χ1) is 8.18. The molecule has 1 amide bonds. The zero-order valence-corrected chi connectivity index (χ0v) is 11.3. The Morgan fingerprint density at radius 1 is 1.47 bits per heavy atom. The van der Waals surface area contributed by atoms with Crippen LogP contribution in [0.1, 0.15) is 19.8 Å². The third kappa shape index (κ3) is 4.16. The van der Waals surface area contributed by atoms with E-state index >= 15 is 0 Å². The van der Waals surface area contributed by atoms with Gasteiger partial charge in [-0.15, -0.1) is 0 Å². The summed E-state index contributed by atoms with van der Waals surface area (Å²) in [5.74, 6) is 3.17. The maximum absolute atomic E-state index is 11.6. The van der Waals surface area contributed by atoms with E-state index in [1.54, 1.807) is 0 Å². The van der Waals surface area contributed by atoms with E-state index in [-0.39, 0.29) is 18.1 Å². The summed E-state index contributed by atoms with van der Waals surface area (Å²) in [6, 6.07) is 0. The van der Waals surface area contributed by atoms with Gasteiger partial charge in [0.1, 0.15) is 6.61 Å². The van der Waals surface area contributed by atoms with Crippen LogP contribution in [0.2, 0.25) is 0 Å². The highest BCUT2D eigenvalue weighted by atomic mass is 32.2. The third-order valence-electron chi connectivity index (χ3n) is 3.48. The molecule has 2 heterocycles. The van der Waals surface area contributed by atoms with Crippen molar-refractivity contribution in [1.82, 2.24) is 10.6 Å². The highest BCUT2D eigenvalue weighted by molar-refractivity contribution is 7.99. The fourth-order valence-electron chi connectivity index (χ4n) is 2.08. The van der Waals surface area contributed by atoms with Crippen molar-refractivity contribution in [3.63, 3.8) is 0 Å². The van der Waals surface area contributed by atoms with E-state index in [2.05, 4.69) is 10.6 Å². The van der Waals surface area contributed by atoms with Crippen LogP contribution in [-0.4, -0.2) is 49.3 Å². The summed E-state index contributed by atoms with van der Waals surface area (Å²) in [5.41, 5.74) is -0.126.